The predicted molar refractivity (Wildman–Crippen MR) is 95.2 cm³/mol. The lowest BCUT2D eigenvalue weighted by Crippen LogP contribution is -2.28. The Morgan fingerprint density at radius 2 is 1.74 bits per heavy atom. The van der Waals surface area contributed by atoms with E-state index in [4.69, 9.17) is 4.74 Å². The van der Waals surface area contributed by atoms with Crippen LogP contribution in [0, 0.1) is 10.1 Å². The molecule has 0 heterocycles. The largest absolute Gasteiger partial charge is 0.385 e. The van der Waals surface area contributed by atoms with Gasteiger partial charge in [0.1, 0.15) is 11.1 Å². The van der Waals surface area contributed by atoms with Crippen LogP contribution in [0.5, 0.6) is 0 Å². The number of ether oxygens (including phenoxy) is 1. The minimum atomic E-state index is -0.790. The maximum Gasteiger partial charge on any atom is 0.294 e. The molecule has 1 aliphatic rings. The first-order valence-electron chi connectivity index (χ1n) is 8.24. The molecule has 1 aliphatic carbocycles. The Labute approximate surface area is 154 Å². The highest BCUT2D eigenvalue weighted by Gasteiger charge is 2.38. The summed E-state index contributed by atoms with van der Waals surface area (Å²) in [4.78, 5) is 48.8. The summed E-state index contributed by atoms with van der Waals surface area (Å²) in [6.07, 6.45) is 0.534. The van der Waals surface area contributed by atoms with Crippen LogP contribution in [0.3, 0.4) is 0 Å². The normalized spacial score (nSPS) is 12.3. The summed E-state index contributed by atoms with van der Waals surface area (Å²) in [5, 5.41) is 14.2. The second-order valence-electron chi connectivity index (χ2n) is 5.95. The molecule has 0 bridgehead atoms. The Kier molecular flexibility index (Phi) is 5.09. The van der Waals surface area contributed by atoms with Gasteiger partial charge in [-0.05, 0) is 18.6 Å². The van der Waals surface area contributed by atoms with Crippen LogP contribution in [0.1, 0.15) is 48.6 Å². The Bertz CT molecular complexity index is 967. The highest BCUT2D eigenvalue weighted by atomic mass is 16.6. The summed E-state index contributed by atoms with van der Waals surface area (Å²) in [6, 6.07) is 8.64. The molecule has 0 atom stereocenters. The molecule has 8 heteroatoms. The van der Waals surface area contributed by atoms with Crippen LogP contribution in [0.15, 0.2) is 36.4 Å². The van der Waals surface area contributed by atoms with Crippen molar-refractivity contribution in [1.82, 2.24) is 5.32 Å². The van der Waals surface area contributed by atoms with Crippen molar-refractivity contribution in [1.29, 1.82) is 0 Å². The van der Waals surface area contributed by atoms with Crippen LogP contribution in [-0.4, -0.2) is 42.7 Å². The summed E-state index contributed by atoms with van der Waals surface area (Å²) < 4.78 is 4.88. The van der Waals surface area contributed by atoms with Crippen molar-refractivity contribution >= 4 is 23.2 Å². The topological polar surface area (TPSA) is 116 Å². The lowest BCUT2D eigenvalue weighted by Gasteiger charge is -2.18. The Hall–Kier alpha value is -3.39. The van der Waals surface area contributed by atoms with E-state index >= 15 is 0 Å². The smallest absolute Gasteiger partial charge is 0.294 e. The Morgan fingerprint density at radius 3 is 2.37 bits per heavy atom. The van der Waals surface area contributed by atoms with Gasteiger partial charge in [-0.25, -0.2) is 0 Å². The third kappa shape index (κ3) is 3.22. The average Bonchev–Trinajstić information content (AvgIpc) is 2.68. The fraction of sp³-hybridized carbons (Fsp3) is 0.211. The fourth-order valence-corrected chi connectivity index (χ4v) is 3.06. The molecule has 0 aliphatic heterocycles. The third-order valence-corrected chi connectivity index (χ3v) is 4.30. The van der Waals surface area contributed by atoms with Crippen LogP contribution in [0.2, 0.25) is 0 Å². The Morgan fingerprint density at radius 1 is 1.07 bits per heavy atom. The third-order valence-electron chi connectivity index (χ3n) is 4.30. The van der Waals surface area contributed by atoms with E-state index in [0.717, 1.165) is 0 Å². The zero-order chi connectivity index (χ0) is 19.6. The molecular formula is C19H16N2O6. The number of carbonyl (C=O) groups is 3. The zero-order valence-corrected chi connectivity index (χ0v) is 14.5. The molecule has 0 spiro atoms. The summed E-state index contributed by atoms with van der Waals surface area (Å²) in [5.74, 6) is -1.80. The van der Waals surface area contributed by atoms with E-state index in [2.05, 4.69) is 5.32 Å². The minimum Gasteiger partial charge on any atom is -0.385 e. The molecule has 8 nitrogen and oxygen atoms in total. The molecule has 138 valence electrons. The fourth-order valence-electron chi connectivity index (χ4n) is 3.06. The SMILES string of the molecule is COCCCNC(=O)c1ccc2c(c1[N+](=O)[O-])C(=O)c1ccccc1C2=O. The lowest BCUT2D eigenvalue weighted by atomic mass is 9.82. The molecule has 0 unspecified atom stereocenters. The highest BCUT2D eigenvalue weighted by molar-refractivity contribution is 6.30. The molecule has 0 saturated carbocycles. The number of fused-ring (bicyclic) bond motifs is 2. The van der Waals surface area contributed by atoms with Crippen molar-refractivity contribution in [3.63, 3.8) is 0 Å². The molecule has 0 saturated heterocycles. The summed E-state index contributed by atoms with van der Waals surface area (Å²) in [5.41, 5.74) is -1.02. The number of methoxy groups -OCH3 is 1. The van der Waals surface area contributed by atoms with Crippen molar-refractivity contribution in [3.05, 3.63) is 74.3 Å². The van der Waals surface area contributed by atoms with Gasteiger partial charge in [0.15, 0.2) is 5.78 Å². The van der Waals surface area contributed by atoms with E-state index < -0.39 is 28.1 Å². The maximum atomic E-state index is 12.8. The van der Waals surface area contributed by atoms with Crippen molar-refractivity contribution in [2.24, 2.45) is 0 Å². The number of nitrogens with zero attached hydrogens (tertiary/aromatic N) is 1. The van der Waals surface area contributed by atoms with Gasteiger partial charge < -0.3 is 10.1 Å². The van der Waals surface area contributed by atoms with E-state index in [-0.39, 0.29) is 34.4 Å². The number of amides is 1. The van der Waals surface area contributed by atoms with Gasteiger partial charge in [0, 0.05) is 37.0 Å². The van der Waals surface area contributed by atoms with E-state index in [9.17, 15) is 24.5 Å². The van der Waals surface area contributed by atoms with E-state index in [0.29, 0.717) is 13.0 Å². The zero-order valence-electron chi connectivity index (χ0n) is 14.5. The van der Waals surface area contributed by atoms with Crippen molar-refractivity contribution < 1.29 is 24.0 Å². The number of carbonyl (C=O) groups excluding carboxylic acids is 3. The van der Waals surface area contributed by atoms with Gasteiger partial charge in [0.05, 0.1) is 4.92 Å². The second-order valence-corrected chi connectivity index (χ2v) is 5.95. The maximum absolute atomic E-state index is 12.8. The molecule has 2 aromatic rings. The minimum absolute atomic E-state index is 0.0682. The molecule has 0 radical (unpaired) electrons. The molecule has 3 rings (SSSR count). The van der Waals surface area contributed by atoms with Crippen LogP contribution < -0.4 is 5.32 Å². The summed E-state index contributed by atoms with van der Waals surface area (Å²) in [7, 11) is 1.52. The average molecular weight is 368 g/mol. The van der Waals surface area contributed by atoms with E-state index in [1.165, 1.54) is 31.4 Å². The van der Waals surface area contributed by atoms with Gasteiger partial charge in [-0.3, -0.25) is 24.5 Å². The van der Waals surface area contributed by atoms with Gasteiger partial charge in [0.2, 0.25) is 5.78 Å². The van der Waals surface area contributed by atoms with Crippen molar-refractivity contribution in [3.8, 4) is 0 Å². The molecule has 0 aromatic heterocycles. The highest BCUT2D eigenvalue weighted by Crippen LogP contribution is 2.35. The number of ketones is 2. The second kappa shape index (κ2) is 7.46. The number of rotatable bonds is 6. The lowest BCUT2D eigenvalue weighted by molar-refractivity contribution is -0.385. The predicted octanol–water partition coefficient (Wildman–Crippen LogP) is 2.14. The number of benzene rings is 2. The molecule has 2 aromatic carbocycles. The van der Waals surface area contributed by atoms with Gasteiger partial charge >= 0.3 is 0 Å². The molecule has 27 heavy (non-hydrogen) atoms. The van der Waals surface area contributed by atoms with Crippen LogP contribution >= 0.6 is 0 Å². The van der Waals surface area contributed by atoms with E-state index in [1.54, 1.807) is 12.1 Å². The molecule has 0 fully saturated rings. The quantitative estimate of drug-likeness (QED) is 0.405. The van der Waals surface area contributed by atoms with Gasteiger partial charge in [-0.15, -0.1) is 0 Å². The Balaban J connectivity index is 2.08. The number of nitro benzene ring substituents is 1. The molecule has 1 amide bonds. The first-order valence-corrected chi connectivity index (χ1v) is 8.24. The number of hydrogen-bond acceptors (Lipinski definition) is 6. The number of nitrogens with one attached hydrogen (secondary N) is 1. The number of hydrogen-bond donors (Lipinski definition) is 1. The molecule has 1 N–H and O–H groups in total. The van der Waals surface area contributed by atoms with Crippen molar-refractivity contribution in [2.75, 3.05) is 20.3 Å². The first kappa shape index (κ1) is 18.4. The van der Waals surface area contributed by atoms with Crippen molar-refractivity contribution in [2.45, 2.75) is 6.42 Å². The summed E-state index contributed by atoms with van der Waals surface area (Å²) in [6.45, 7) is 0.687. The number of nitro groups is 1. The van der Waals surface area contributed by atoms with Gasteiger partial charge in [-0.1, -0.05) is 24.3 Å². The standard InChI is InChI=1S/C19H16N2O6/c1-27-10-4-9-20-19(24)14-8-7-13-15(16(14)21(25)26)18(23)12-6-3-2-5-11(12)17(13)22/h2-3,5-8H,4,9-10H2,1H3,(H,20,24). The van der Waals surface area contributed by atoms with E-state index in [1.807, 2.05) is 0 Å². The monoisotopic (exact) mass is 368 g/mol. The van der Waals surface area contributed by atoms with Crippen LogP contribution in [0.4, 0.5) is 5.69 Å². The van der Waals surface area contributed by atoms with Gasteiger partial charge in [-0.2, -0.15) is 0 Å². The first-order chi connectivity index (χ1) is 13.0. The van der Waals surface area contributed by atoms with Gasteiger partial charge in [0.25, 0.3) is 11.6 Å². The van der Waals surface area contributed by atoms with Crippen LogP contribution in [-0.2, 0) is 4.74 Å². The van der Waals surface area contributed by atoms with Crippen LogP contribution in [0.25, 0.3) is 0 Å². The molecular weight excluding hydrogens is 352 g/mol. The summed E-state index contributed by atoms with van der Waals surface area (Å²) >= 11 is 0.